The lowest BCUT2D eigenvalue weighted by Gasteiger charge is -2.34. The SMILES string of the molecule is COCCC(=O)N1CCCC(c2cc(=O)[nH]c(C3CCN(C(=O)C(C)C)CC3)n2)C1. The second-order valence-electron chi connectivity index (χ2n) is 8.73. The molecule has 0 aromatic carbocycles. The molecule has 0 bridgehead atoms. The van der Waals surface area contributed by atoms with Gasteiger partial charge in [-0.3, -0.25) is 14.4 Å². The van der Waals surface area contributed by atoms with E-state index in [1.165, 1.54) is 0 Å². The molecule has 3 rings (SSSR count). The third-order valence-electron chi connectivity index (χ3n) is 6.18. The quantitative estimate of drug-likeness (QED) is 0.761. The van der Waals surface area contributed by atoms with E-state index in [1.807, 2.05) is 23.6 Å². The molecule has 1 aromatic rings. The summed E-state index contributed by atoms with van der Waals surface area (Å²) < 4.78 is 5.02. The first-order chi connectivity index (χ1) is 14.4. The highest BCUT2D eigenvalue weighted by molar-refractivity contribution is 5.78. The van der Waals surface area contributed by atoms with Crippen LogP contribution in [0.15, 0.2) is 10.9 Å². The zero-order chi connectivity index (χ0) is 21.7. The zero-order valence-corrected chi connectivity index (χ0v) is 18.4. The van der Waals surface area contributed by atoms with E-state index in [0.29, 0.717) is 32.7 Å². The number of nitrogens with zero attached hydrogens (tertiary/aromatic N) is 3. The van der Waals surface area contributed by atoms with Gasteiger partial charge in [-0.15, -0.1) is 0 Å². The van der Waals surface area contributed by atoms with Crippen LogP contribution in [0.1, 0.15) is 69.3 Å². The van der Waals surface area contributed by atoms with Crippen molar-refractivity contribution in [3.05, 3.63) is 27.9 Å². The number of hydrogen-bond acceptors (Lipinski definition) is 5. The van der Waals surface area contributed by atoms with Gasteiger partial charge in [-0.25, -0.2) is 4.98 Å². The maximum Gasteiger partial charge on any atom is 0.251 e. The van der Waals surface area contributed by atoms with Crippen LogP contribution >= 0.6 is 0 Å². The molecule has 3 heterocycles. The average Bonchev–Trinajstić information content (AvgIpc) is 2.76. The summed E-state index contributed by atoms with van der Waals surface area (Å²) in [5.74, 6) is 1.23. The molecule has 8 heteroatoms. The number of aromatic nitrogens is 2. The van der Waals surface area contributed by atoms with Crippen molar-refractivity contribution in [1.29, 1.82) is 0 Å². The smallest absolute Gasteiger partial charge is 0.251 e. The first-order valence-corrected chi connectivity index (χ1v) is 11.1. The standard InChI is InChI=1S/C22H34N4O4/c1-15(2)22(29)25-10-6-16(7-11-25)21-23-18(13-19(27)24-21)17-5-4-9-26(14-17)20(28)8-12-30-3/h13,15-17H,4-12,14H2,1-3H3,(H,23,24,27). The lowest BCUT2D eigenvalue weighted by atomic mass is 9.92. The van der Waals surface area contributed by atoms with E-state index in [9.17, 15) is 14.4 Å². The number of methoxy groups -OCH3 is 1. The van der Waals surface area contributed by atoms with Crippen LogP contribution in [0.3, 0.4) is 0 Å². The lowest BCUT2D eigenvalue weighted by molar-refractivity contribution is -0.135. The molecule has 8 nitrogen and oxygen atoms in total. The average molecular weight is 419 g/mol. The maximum absolute atomic E-state index is 12.4. The fraction of sp³-hybridized carbons (Fsp3) is 0.727. The van der Waals surface area contributed by atoms with Gasteiger partial charge in [-0.05, 0) is 25.7 Å². The molecule has 2 aliphatic rings. The van der Waals surface area contributed by atoms with Crippen LogP contribution in [-0.4, -0.2) is 71.5 Å². The Balaban J connectivity index is 1.68. The molecule has 2 aliphatic heterocycles. The van der Waals surface area contributed by atoms with Gasteiger partial charge in [-0.1, -0.05) is 13.8 Å². The van der Waals surface area contributed by atoms with Gasteiger partial charge >= 0.3 is 0 Å². The summed E-state index contributed by atoms with van der Waals surface area (Å²) in [6.45, 7) is 7.00. The molecule has 0 radical (unpaired) electrons. The Morgan fingerprint density at radius 1 is 1.17 bits per heavy atom. The van der Waals surface area contributed by atoms with Gasteiger partial charge in [-0.2, -0.15) is 0 Å². The third-order valence-corrected chi connectivity index (χ3v) is 6.18. The Morgan fingerprint density at radius 2 is 1.90 bits per heavy atom. The summed E-state index contributed by atoms with van der Waals surface area (Å²) in [4.78, 5) is 48.5. The first-order valence-electron chi connectivity index (χ1n) is 11.1. The minimum absolute atomic E-state index is 0.00339. The van der Waals surface area contributed by atoms with Gasteiger partial charge in [0.25, 0.3) is 5.56 Å². The Kier molecular flexibility index (Phi) is 7.64. The highest BCUT2D eigenvalue weighted by atomic mass is 16.5. The van der Waals surface area contributed by atoms with Crippen molar-refractivity contribution in [3.63, 3.8) is 0 Å². The van der Waals surface area contributed by atoms with Crippen molar-refractivity contribution in [1.82, 2.24) is 19.8 Å². The summed E-state index contributed by atoms with van der Waals surface area (Å²) >= 11 is 0. The van der Waals surface area contributed by atoms with Crippen molar-refractivity contribution in [2.45, 2.75) is 57.8 Å². The van der Waals surface area contributed by atoms with Gasteiger partial charge < -0.3 is 19.5 Å². The van der Waals surface area contributed by atoms with Crippen molar-refractivity contribution in [2.24, 2.45) is 5.92 Å². The Hall–Kier alpha value is -2.22. The number of nitrogens with one attached hydrogen (secondary N) is 1. The van der Waals surface area contributed by atoms with E-state index in [1.54, 1.807) is 13.2 Å². The van der Waals surface area contributed by atoms with Crippen LogP contribution in [-0.2, 0) is 14.3 Å². The number of aromatic amines is 1. The molecule has 2 saturated heterocycles. The number of ether oxygens (including phenoxy) is 1. The fourth-order valence-electron chi connectivity index (χ4n) is 4.43. The molecule has 166 valence electrons. The first kappa shape index (κ1) is 22.5. The number of H-pyrrole nitrogens is 1. The molecular weight excluding hydrogens is 384 g/mol. The number of carbonyl (C=O) groups excluding carboxylic acids is 2. The van der Waals surface area contributed by atoms with E-state index in [0.717, 1.165) is 43.7 Å². The molecule has 0 saturated carbocycles. The fourth-order valence-corrected chi connectivity index (χ4v) is 4.43. The van der Waals surface area contributed by atoms with Crippen LogP contribution in [0.5, 0.6) is 0 Å². The Labute approximate surface area is 178 Å². The molecule has 1 atom stereocenters. The zero-order valence-electron chi connectivity index (χ0n) is 18.4. The lowest BCUT2D eigenvalue weighted by Crippen LogP contribution is -2.41. The van der Waals surface area contributed by atoms with Crippen LogP contribution in [0, 0.1) is 5.92 Å². The van der Waals surface area contributed by atoms with Crippen LogP contribution in [0.4, 0.5) is 0 Å². The Bertz CT molecular complexity index is 799. The van der Waals surface area contributed by atoms with Gasteiger partial charge in [0, 0.05) is 57.1 Å². The number of amides is 2. The minimum atomic E-state index is -0.140. The summed E-state index contributed by atoms with van der Waals surface area (Å²) in [5, 5.41) is 0. The van der Waals surface area contributed by atoms with Gasteiger partial charge in [0.15, 0.2) is 0 Å². The topological polar surface area (TPSA) is 95.6 Å². The summed E-state index contributed by atoms with van der Waals surface area (Å²) in [6.07, 6.45) is 3.81. The highest BCUT2D eigenvalue weighted by Crippen LogP contribution is 2.29. The molecule has 2 amide bonds. The van der Waals surface area contributed by atoms with E-state index in [4.69, 9.17) is 9.72 Å². The van der Waals surface area contributed by atoms with E-state index < -0.39 is 0 Å². The second-order valence-corrected chi connectivity index (χ2v) is 8.73. The van der Waals surface area contributed by atoms with E-state index in [-0.39, 0.29) is 35.1 Å². The van der Waals surface area contributed by atoms with Gasteiger partial charge in [0.2, 0.25) is 11.8 Å². The molecular formula is C22H34N4O4. The van der Waals surface area contributed by atoms with Crippen molar-refractivity contribution >= 4 is 11.8 Å². The molecule has 0 aliphatic carbocycles. The monoisotopic (exact) mass is 418 g/mol. The number of carbonyl (C=O) groups is 2. The molecule has 1 unspecified atom stereocenters. The molecule has 1 aromatic heterocycles. The number of likely N-dealkylation sites (tertiary alicyclic amines) is 2. The number of rotatable bonds is 6. The number of piperidine rings is 2. The van der Waals surface area contributed by atoms with Crippen molar-refractivity contribution < 1.29 is 14.3 Å². The highest BCUT2D eigenvalue weighted by Gasteiger charge is 2.29. The predicted octanol–water partition coefficient (Wildman–Crippen LogP) is 1.87. The van der Waals surface area contributed by atoms with Crippen LogP contribution in [0.2, 0.25) is 0 Å². The molecule has 0 spiro atoms. The predicted molar refractivity (Wildman–Crippen MR) is 113 cm³/mol. The third kappa shape index (κ3) is 5.47. The maximum atomic E-state index is 12.4. The molecule has 2 fully saturated rings. The molecule has 1 N–H and O–H groups in total. The number of hydrogen-bond donors (Lipinski definition) is 1. The van der Waals surface area contributed by atoms with Crippen molar-refractivity contribution in [2.75, 3.05) is 39.9 Å². The Morgan fingerprint density at radius 3 is 2.57 bits per heavy atom. The summed E-state index contributed by atoms with van der Waals surface area (Å²) in [5.41, 5.74) is 0.636. The van der Waals surface area contributed by atoms with Crippen molar-refractivity contribution in [3.8, 4) is 0 Å². The minimum Gasteiger partial charge on any atom is -0.384 e. The summed E-state index contributed by atoms with van der Waals surface area (Å²) in [7, 11) is 1.59. The normalized spacial score (nSPS) is 20.6. The summed E-state index contributed by atoms with van der Waals surface area (Å²) in [6, 6.07) is 1.58. The van der Waals surface area contributed by atoms with Gasteiger partial charge in [0.05, 0.1) is 18.7 Å². The van der Waals surface area contributed by atoms with E-state index in [2.05, 4.69) is 4.98 Å². The molecule has 30 heavy (non-hydrogen) atoms. The van der Waals surface area contributed by atoms with E-state index >= 15 is 0 Å². The van der Waals surface area contributed by atoms with Crippen LogP contribution < -0.4 is 5.56 Å². The van der Waals surface area contributed by atoms with Gasteiger partial charge in [0.1, 0.15) is 5.82 Å². The van der Waals surface area contributed by atoms with Crippen LogP contribution in [0.25, 0.3) is 0 Å². The second kappa shape index (κ2) is 10.2. The largest absolute Gasteiger partial charge is 0.384 e.